The number of hydrogen-bond donors (Lipinski definition) is 7. The van der Waals surface area contributed by atoms with Gasteiger partial charge in [-0.15, -0.1) is 0 Å². The number of esters is 7. The van der Waals surface area contributed by atoms with Crippen molar-refractivity contribution in [2.45, 2.75) is 120 Å². The van der Waals surface area contributed by atoms with Gasteiger partial charge in [0.2, 0.25) is 15.9 Å². The quantitative estimate of drug-likeness (QED) is 0.0364. The van der Waals surface area contributed by atoms with Gasteiger partial charge < -0.3 is 59.3 Å². The molecule has 6 saturated carbocycles. The Morgan fingerprint density at radius 3 is 1.06 bits per heavy atom. The number of halogens is 4. The van der Waals surface area contributed by atoms with Crippen molar-refractivity contribution in [3.63, 3.8) is 0 Å². The zero-order valence-electron chi connectivity index (χ0n) is 45.3. The maximum absolute atomic E-state index is 11.1. The summed E-state index contributed by atoms with van der Waals surface area (Å²) in [5.74, 6) is -3.99. The van der Waals surface area contributed by atoms with Gasteiger partial charge in [0.05, 0.1) is 114 Å². The molecule has 0 aromatic rings. The fraction of sp³-hybridized carbons (Fsp3) is 0.830. The normalized spacial score (nSPS) is 31.2. The Bertz CT molecular complexity index is 2050. The second-order valence-electron chi connectivity index (χ2n) is 20.2. The molecule has 81 heavy (non-hydrogen) atoms. The first kappa shape index (κ1) is 80.4. The summed E-state index contributed by atoms with van der Waals surface area (Å²) in [4.78, 5) is 121. The first-order valence-corrected chi connectivity index (χ1v) is 37.6. The first-order chi connectivity index (χ1) is 37.5. The van der Waals surface area contributed by atoms with E-state index < -0.39 is 53.8 Å². The molecule has 0 amide bonds. The van der Waals surface area contributed by atoms with E-state index in [1.165, 1.54) is 35.5 Å². The zero-order chi connectivity index (χ0) is 62.0. The van der Waals surface area contributed by atoms with Crippen LogP contribution in [-0.2, 0) is 81.0 Å². The molecule has 0 radical (unpaired) electrons. The summed E-state index contributed by atoms with van der Waals surface area (Å²) in [7, 11) is 7.19. The van der Waals surface area contributed by atoms with Gasteiger partial charge in [-0.3, -0.25) is 48.5 Å². The molecule has 0 aromatic carbocycles. The van der Waals surface area contributed by atoms with Crippen molar-refractivity contribution < 1.29 is 127 Å². The third kappa shape index (κ3) is 23.6. The average Bonchev–Trinajstić information content (AvgIpc) is 3.98. The number of alkyl halides is 2. The van der Waals surface area contributed by atoms with Crippen LogP contribution in [0.3, 0.4) is 0 Å². The number of nitrogens with two attached hydrogens (primary N) is 1. The topological polar surface area (TPSA) is 432 Å². The Labute approximate surface area is 525 Å². The SMILES string of the molecule is C.CI.CI.COC(=O)C1CC(CO)([N+](=O)O)C1.COC(=O)C1CC(CO)([N+](=O)O)C1.COC(=O)C1CC(N)(CO)C1.COC(=O)C1CC([N+](=O)[O-])C1.COC(=O)C1CC2(COC(=O)C2)C1.O=C1CC2(CO1)CC(C(=O)O)C2.[I][V][I]. The van der Waals surface area contributed by atoms with E-state index in [-0.39, 0.29) is 131 Å². The standard InChI is InChI=1S/C9H12O4.C8H10O4.2C7H12NO5.C7H13NO3.C6H9NO4.2CH3I.CH4.2HI.V/c1-12-8(11)6-2-9(3-6)4-7(10)13-5-9;9-6-3-8(4-12-6)1-5(2-8)7(10)11;2*1-13-6(10)5-2-7(3-5,4-9)8(11)12;1-11-6(10)5-2-7(8,3-5)4-9;1-11-6(8)4-2-5(3-4)7(9)10;2*1-2;;;;/h6H,2-5H2,1H3;5H,1-4H2,(H,10,11);2*5,9H,2-4H2,1H3,(H,11,12);5,9H,2-4,8H2,1H3;4-5H,2-3H2,1H3;2*1H3;1H4;2*1H;/q;;2*+1;;;;;;;;+2/p-2. The van der Waals surface area contributed by atoms with E-state index >= 15 is 0 Å². The molecule has 467 valence electrons. The van der Waals surface area contributed by atoms with Crippen LogP contribution >= 0.6 is 85.1 Å². The molecule has 8 rings (SSSR count). The number of carboxylic acids is 1. The summed E-state index contributed by atoms with van der Waals surface area (Å²) < 4.78 is 32.1. The van der Waals surface area contributed by atoms with Gasteiger partial charge in [0.25, 0.3) is 11.1 Å². The summed E-state index contributed by atoms with van der Waals surface area (Å²) in [6.07, 6.45) is 5.86. The van der Waals surface area contributed by atoms with Crippen molar-refractivity contribution in [3.8, 4) is 0 Å². The zero-order valence-corrected chi connectivity index (χ0v) is 55.3. The minimum atomic E-state index is -1.20. The molecular formula is C47H78I4N4O25V+2. The van der Waals surface area contributed by atoms with Gasteiger partial charge in [0.15, 0.2) is 0 Å². The molecule has 0 atom stereocenters. The van der Waals surface area contributed by atoms with Crippen molar-refractivity contribution >= 4 is 133 Å². The van der Waals surface area contributed by atoms with Gasteiger partial charge in [0, 0.05) is 59.8 Å². The molecule has 2 spiro atoms. The molecule has 6 aliphatic carbocycles. The summed E-state index contributed by atoms with van der Waals surface area (Å²) in [5.41, 5.74) is 2.56. The molecule has 29 nitrogen and oxygen atoms in total. The fourth-order valence-corrected chi connectivity index (χ4v) is 9.86. The summed E-state index contributed by atoms with van der Waals surface area (Å²) >= 11 is 9.04. The number of ether oxygens (including phenoxy) is 7. The van der Waals surface area contributed by atoms with Gasteiger partial charge in [-0.1, -0.05) is 52.6 Å². The molecule has 2 heterocycles. The number of carbonyl (C=O) groups is 8. The third-order valence-corrected chi connectivity index (χ3v) is 14.8. The number of nitro groups is 1. The number of aliphatic carboxylic acids is 1. The van der Waals surface area contributed by atoms with E-state index in [9.17, 15) is 58.3 Å². The van der Waals surface area contributed by atoms with Crippen molar-refractivity contribution in [2.75, 3.05) is 78.4 Å². The Morgan fingerprint density at radius 1 is 0.568 bits per heavy atom. The van der Waals surface area contributed by atoms with Gasteiger partial charge >= 0.3 is 97.2 Å². The number of aliphatic hydroxyl groups excluding tert-OH is 3. The fourth-order valence-electron chi connectivity index (χ4n) is 9.86. The molecule has 2 saturated heterocycles. The number of hydrogen-bond acceptors (Lipinski definition) is 23. The number of rotatable bonds is 12. The van der Waals surface area contributed by atoms with Crippen molar-refractivity contribution in [3.05, 3.63) is 19.9 Å². The van der Waals surface area contributed by atoms with Crippen LogP contribution in [0.5, 0.6) is 0 Å². The number of carboxylic acid groups (broad SMARTS) is 1. The second-order valence-corrected chi connectivity index (χ2v) is 31.9. The van der Waals surface area contributed by atoms with Gasteiger partial charge in [-0.2, -0.15) is 0 Å². The van der Waals surface area contributed by atoms with E-state index in [1.807, 2.05) is 9.86 Å². The molecule has 2 aliphatic heterocycles. The van der Waals surface area contributed by atoms with Crippen molar-refractivity contribution in [2.24, 2.45) is 52.1 Å². The molecule has 0 aromatic heterocycles. The first-order valence-electron chi connectivity index (χ1n) is 24.2. The third-order valence-electron chi connectivity index (χ3n) is 14.8. The van der Waals surface area contributed by atoms with Crippen LogP contribution in [-0.4, -0.2) is 194 Å². The Morgan fingerprint density at radius 2 is 0.840 bits per heavy atom. The number of nitrogens with zero attached hydrogens (tertiary/aromatic N) is 3. The van der Waals surface area contributed by atoms with Crippen LogP contribution in [0.25, 0.3) is 0 Å². The van der Waals surface area contributed by atoms with E-state index in [4.69, 9.17) is 46.0 Å². The van der Waals surface area contributed by atoms with Gasteiger partial charge in [0.1, 0.15) is 13.2 Å². The molecule has 0 bridgehead atoms. The molecule has 8 aliphatic rings. The van der Waals surface area contributed by atoms with Crippen LogP contribution < -0.4 is 5.73 Å². The average molecular weight is 1660 g/mol. The number of carbonyl (C=O) groups excluding carboxylic acids is 7. The van der Waals surface area contributed by atoms with Crippen LogP contribution in [0, 0.1) is 66.3 Å². The number of cyclic esters (lactones) is 2. The van der Waals surface area contributed by atoms with E-state index in [1.54, 1.807) is 0 Å². The van der Waals surface area contributed by atoms with Crippen LogP contribution in [0.1, 0.15) is 97.3 Å². The van der Waals surface area contributed by atoms with Gasteiger partial charge in [-0.25, -0.2) is 10.4 Å². The Hall–Kier alpha value is -2.70. The van der Waals surface area contributed by atoms with Crippen LogP contribution in [0.2, 0.25) is 0 Å². The predicted octanol–water partition coefficient (Wildman–Crippen LogP) is 3.84. The maximum atomic E-state index is 11.1. The van der Waals surface area contributed by atoms with E-state index in [0.29, 0.717) is 74.0 Å². The van der Waals surface area contributed by atoms with Crippen LogP contribution in [0.4, 0.5) is 0 Å². The molecule has 8 fully saturated rings. The monoisotopic (exact) mass is 1660 g/mol. The Kier molecular flexibility index (Phi) is 38.1. The number of methoxy groups -OCH3 is 5. The molecule has 34 heteroatoms. The second kappa shape index (κ2) is 38.4. The number of aliphatic hydroxyl groups is 3. The Balaban J connectivity index is 0. The van der Waals surface area contributed by atoms with Crippen molar-refractivity contribution in [1.29, 1.82) is 0 Å². The molecule has 8 N–H and O–H groups in total. The summed E-state index contributed by atoms with van der Waals surface area (Å²) in [6, 6.07) is -0.529. The van der Waals surface area contributed by atoms with Crippen LogP contribution in [0.15, 0.2) is 0 Å². The summed E-state index contributed by atoms with van der Waals surface area (Å²) in [5, 5.41) is 62.4. The minimum absolute atomic E-state index is 0. The van der Waals surface area contributed by atoms with Crippen molar-refractivity contribution in [1.82, 2.24) is 0 Å². The molecule has 0 unspecified atom stereocenters. The van der Waals surface area contributed by atoms with E-state index in [2.05, 4.69) is 109 Å². The molecular weight excluding hydrogens is 1580 g/mol. The van der Waals surface area contributed by atoms with Gasteiger partial charge in [-0.05, 0) is 48.4 Å². The van der Waals surface area contributed by atoms with E-state index in [0.717, 1.165) is 12.8 Å². The summed E-state index contributed by atoms with van der Waals surface area (Å²) in [6.45, 7) is -0.0591. The predicted molar refractivity (Wildman–Crippen MR) is 310 cm³/mol.